The Morgan fingerprint density at radius 3 is 2.62 bits per heavy atom. The number of rotatable bonds is 7. The first-order valence-corrected chi connectivity index (χ1v) is 7.96. The second kappa shape index (κ2) is 7.10. The molecule has 0 amide bonds. The van der Waals surface area contributed by atoms with Crippen LogP contribution in [0.15, 0.2) is 28.7 Å². The Morgan fingerprint density at radius 2 is 1.95 bits per heavy atom. The molecule has 0 aliphatic rings. The minimum atomic E-state index is 0.239. The molecule has 3 heteroatoms. The minimum absolute atomic E-state index is 0.239. The molecule has 2 rings (SSSR count). The van der Waals surface area contributed by atoms with Crippen molar-refractivity contribution in [2.75, 3.05) is 20.1 Å². The van der Waals surface area contributed by atoms with Crippen LogP contribution in [0.5, 0.6) is 0 Å². The van der Waals surface area contributed by atoms with Crippen molar-refractivity contribution in [3.63, 3.8) is 0 Å². The van der Waals surface area contributed by atoms with Crippen LogP contribution in [-0.4, -0.2) is 31.1 Å². The third kappa shape index (κ3) is 3.66. The Labute approximate surface area is 128 Å². The number of para-hydroxylation sites is 1. The Bertz CT molecular complexity index is 576. The summed E-state index contributed by atoms with van der Waals surface area (Å²) in [6.07, 6.45) is 1.19. The van der Waals surface area contributed by atoms with Gasteiger partial charge in [-0.3, -0.25) is 0 Å². The quantitative estimate of drug-likeness (QED) is 0.830. The van der Waals surface area contributed by atoms with E-state index in [0.717, 1.165) is 24.4 Å². The zero-order valence-electron chi connectivity index (χ0n) is 13.9. The Morgan fingerprint density at radius 1 is 1.24 bits per heavy atom. The summed E-state index contributed by atoms with van der Waals surface area (Å²) in [7, 11) is 2.19. The maximum atomic E-state index is 6.01. The highest BCUT2D eigenvalue weighted by molar-refractivity contribution is 5.82. The van der Waals surface area contributed by atoms with Crippen LogP contribution >= 0.6 is 0 Å². The van der Waals surface area contributed by atoms with Crippen LogP contribution in [0.2, 0.25) is 0 Å². The number of likely N-dealkylation sites (N-methyl/N-ethyl adjacent to an activating group) is 1. The molecule has 0 fully saturated rings. The smallest absolute Gasteiger partial charge is 0.134 e. The number of hydrogen-bond acceptors (Lipinski definition) is 3. The molecular formula is C18H28N2O. The highest BCUT2D eigenvalue weighted by Gasteiger charge is 2.16. The highest BCUT2D eigenvalue weighted by atomic mass is 16.3. The summed E-state index contributed by atoms with van der Waals surface area (Å²) >= 11 is 0. The molecule has 0 radical (unpaired) electrons. The molecule has 0 bridgehead atoms. The van der Waals surface area contributed by atoms with E-state index < -0.39 is 0 Å². The third-order valence-electron chi connectivity index (χ3n) is 4.53. The molecule has 1 aromatic heterocycles. The van der Waals surface area contributed by atoms with Crippen LogP contribution in [0, 0.1) is 6.92 Å². The molecule has 0 saturated heterocycles. The summed E-state index contributed by atoms with van der Waals surface area (Å²) in [4.78, 5) is 2.39. The van der Waals surface area contributed by atoms with E-state index in [1.54, 1.807) is 0 Å². The molecule has 21 heavy (non-hydrogen) atoms. The largest absolute Gasteiger partial charge is 0.459 e. The minimum Gasteiger partial charge on any atom is -0.459 e. The summed E-state index contributed by atoms with van der Waals surface area (Å²) in [5, 5.41) is 4.80. The number of aryl methyl sites for hydroxylation is 1. The number of fused-ring (bicyclic) bond motifs is 1. The molecule has 2 aromatic rings. The summed E-state index contributed by atoms with van der Waals surface area (Å²) in [6, 6.07) is 9.12. The second-order valence-electron chi connectivity index (χ2n) is 6.00. The van der Waals surface area contributed by atoms with Gasteiger partial charge in [0.25, 0.3) is 0 Å². The van der Waals surface area contributed by atoms with Gasteiger partial charge >= 0.3 is 0 Å². The molecule has 116 valence electrons. The van der Waals surface area contributed by atoms with Crippen molar-refractivity contribution in [3.8, 4) is 0 Å². The standard InChI is InChI=1S/C18H28N2O/c1-6-13(2)20(5)12-11-19-15(4)18-14(3)16-9-7-8-10-17(16)21-18/h7-10,13,15,19H,6,11-12H2,1-5H3. The van der Waals surface area contributed by atoms with Crippen molar-refractivity contribution >= 4 is 11.0 Å². The number of nitrogens with one attached hydrogen (secondary N) is 1. The zero-order chi connectivity index (χ0) is 15.4. The number of benzene rings is 1. The maximum absolute atomic E-state index is 6.01. The topological polar surface area (TPSA) is 28.4 Å². The van der Waals surface area contributed by atoms with Crippen LogP contribution in [0.25, 0.3) is 11.0 Å². The van der Waals surface area contributed by atoms with Gasteiger partial charge in [-0.1, -0.05) is 25.1 Å². The van der Waals surface area contributed by atoms with Gasteiger partial charge in [-0.15, -0.1) is 0 Å². The van der Waals surface area contributed by atoms with Crippen molar-refractivity contribution in [1.82, 2.24) is 10.2 Å². The van der Waals surface area contributed by atoms with Gasteiger partial charge < -0.3 is 14.6 Å². The van der Waals surface area contributed by atoms with Crippen LogP contribution in [0.1, 0.15) is 44.6 Å². The summed E-state index contributed by atoms with van der Waals surface area (Å²) < 4.78 is 6.01. The molecule has 1 heterocycles. The normalized spacial score (nSPS) is 14.8. The molecule has 0 spiro atoms. The fourth-order valence-electron chi connectivity index (χ4n) is 2.69. The average Bonchev–Trinajstić information content (AvgIpc) is 2.84. The first-order valence-electron chi connectivity index (χ1n) is 7.96. The van der Waals surface area contributed by atoms with Gasteiger partial charge in [0, 0.05) is 24.5 Å². The van der Waals surface area contributed by atoms with Crippen molar-refractivity contribution < 1.29 is 4.42 Å². The van der Waals surface area contributed by atoms with E-state index in [9.17, 15) is 0 Å². The van der Waals surface area contributed by atoms with Crippen LogP contribution in [0.3, 0.4) is 0 Å². The van der Waals surface area contributed by atoms with Crippen molar-refractivity contribution in [3.05, 3.63) is 35.6 Å². The summed E-state index contributed by atoms with van der Waals surface area (Å²) in [6.45, 7) is 10.8. The molecule has 2 unspecified atom stereocenters. The van der Waals surface area contributed by atoms with E-state index in [1.165, 1.54) is 17.4 Å². The number of furan rings is 1. The first kappa shape index (κ1) is 16.1. The molecule has 0 aliphatic heterocycles. The van der Waals surface area contributed by atoms with E-state index in [2.05, 4.69) is 57.1 Å². The van der Waals surface area contributed by atoms with Gasteiger partial charge in [-0.2, -0.15) is 0 Å². The molecule has 0 saturated carbocycles. The highest BCUT2D eigenvalue weighted by Crippen LogP contribution is 2.28. The fourth-order valence-corrected chi connectivity index (χ4v) is 2.69. The summed E-state index contributed by atoms with van der Waals surface area (Å²) in [5.74, 6) is 1.06. The molecule has 3 nitrogen and oxygen atoms in total. The van der Waals surface area contributed by atoms with Gasteiger partial charge in [0.2, 0.25) is 0 Å². The van der Waals surface area contributed by atoms with Gasteiger partial charge in [0.15, 0.2) is 0 Å². The van der Waals surface area contributed by atoms with E-state index in [1.807, 2.05) is 12.1 Å². The average molecular weight is 288 g/mol. The predicted octanol–water partition coefficient (Wildman–Crippen LogP) is 4.12. The molecule has 2 atom stereocenters. The van der Waals surface area contributed by atoms with Crippen LogP contribution < -0.4 is 5.32 Å². The first-order chi connectivity index (χ1) is 10.0. The lowest BCUT2D eigenvalue weighted by atomic mass is 10.1. The number of nitrogens with zero attached hydrogens (tertiary/aromatic N) is 1. The van der Waals surface area contributed by atoms with E-state index in [-0.39, 0.29) is 6.04 Å². The van der Waals surface area contributed by atoms with Crippen molar-refractivity contribution in [1.29, 1.82) is 0 Å². The summed E-state index contributed by atoms with van der Waals surface area (Å²) in [5.41, 5.74) is 2.23. The number of hydrogen-bond donors (Lipinski definition) is 1. The van der Waals surface area contributed by atoms with Gasteiger partial charge in [-0.05, 0) is 45.9 Å². The van der Waals surface area contributed by atoms with Gasteiger partial charge in [-0.25, -0.2) is 0 Å². The van der Waals surface area contributed by atoms with E-state index in [0.29, 0.717) is 6.04 Å². The second-order valence-corrected chi connectivity index (χ2v) is 6.00. The van der Waals surface area contributed by atoms with E-state index in [4.69, 9.17) is 4.42 Å². The predicted molar refractivity (Wildman–Crippen MR) is 89.8 cm³/mol. The third-order valence-corrected chi connectivity index (χ3v) is 4.53. The molecule has 1 N–H and O–H groups in total. The zero-order valence-corrected chi connectivity index (χ0v) is 13.9. The van der Waals surface area contributed by atoms with Gasteiger partial charge in [0.1, 0.15) is 11.3 Å². The van der Waals surface area contributed by atoms with Crippen molar-refractivity contribution in [2.45, 2.75) is 46.2 Å². The van der Waals surface area contributed by atoms with Gasteiger partial charge in [0.05, 0.1) is 6.04 Å². The lowest BCUT2D eigenvalue weighted by Gasteiger charge is -2.24. The maximum Gasteiger partial charge on any atom is 0.134 e. The molecule has 1 aromatic carbocycles. The lowest BCUT2D eigenvalue weighted by molar-refractivity contribution is 0.247. The van der Waals surface area contributed by atoms with E-state index >= 15 is 0 Å². The Hall–Kier alpha value is -1.32. The molecular weight excluding hydrogens is 260 g/mol. The Kier molecular flexibility index (Phi) is 5.43. The van der Waals surface area contributed by atoms with Crippen LogP contribution in [-0.2, 0) is 0 Å². The SMILES string of the molecule is CCC(C)N(C)CCNC(C)c1oc2ccccc2c1C. The van der Waals surface area contributed by atoms with Crippen LogP contribution in [0.4, 0.5) is 0 Å². The monoisotopic (exact) mass is 288 g/mol. The van der Waals surface area contributed by atoms with Crippen molar-refractivity contribution in [2.24, 2.45) is 0 Å². The lowest BCUT2D eigenvalue weighted by Crippen LogP contribution is -2.35. The molecule has 0 aliphatic carbocycles. The fraction of sp³-hybridized carbons (Fsp3) is 0.556. The Balaban J connectivity index is 1.96.